The molecule has 1 heteroatoms. The predicted octanol–water partition coefficient (Wildman–Crippen LogP) is 2.65. The lowest BCUT2D eigenvalue weighted by Crippen LogP contribution is -2.25. The van der Waals surface area contributed by atoms with Gasteiger partial charge in [0.15, 0.2) is 0 Å². The van der Waals surface area contributed by atoms with Crippen LogP contribution in [0.5, 0.6) is 0 Å². The van der Waals surface area contributed by atoms with Crippen molar-refractivity contribution in [2.45, 2.75) is 47.0 Å². The van der Waals surface area contributed by atoms with E-state index in [0.29, 0.717) is 0 Å². The van der Waals surface area contributed by atoms with E-state index in [1.165, 1.54) is 41.1 Å². The Bertz CT molecular complexity index is 401. The summed E-state index contributed by atoms with van der Waals surface area (Å²) in [6, 6.07) is 0. The second kappa shape index (κ2) is 5.04. The van der Waals surface area contributed by atoms with Crippen molar-refractivity contribution in [1.29, 1.82) is 0 Å². The van der Waals surface area contributed by atoms with E-state index in [9.17, 15) is 0 Å². The summed E-state index contributed by atoms with van der Waals surface area (Å²) in [5.74, 6) is 0. The lowest BCUT2D eigenvalue weighted by atomic mass is 10.1. The van der Waals surface area contributed by atoms with Gasteiger partial charge in [0.05, 0.1) is 0 Å². The van der Waals surface area contributed by atoms with Crippen LogP contribution in [-0.4, -0.2) is 4.98 Å². The molecule has 0 atom stereocenters. The SMILES string of the molecule is CCC.Cc1[nH]c2c(c1C)=CCCC=2.[HH]. The number of fused-ring (bicyclic) bond motifs is 1. The van der Waals surface area contributed by atoms with Gasteiger partial charge in [-0.3, -0.25) is 0 Å². The topological polar surface area (TPSA) is 15.8 Å². The zero-order valence-electron chi connectivity index (χ0n) is 9.78. The number of aromatic nitrogens is 1. The van der Waals surface area contributed by atoms with Gasteiger partial charge in [0.25, 0.3) is 0 Å². The van der Waals surface area contributed by atoms with Crippen molar-refractivity contribution in [1.82, 2.24) is 4.98 Å². The van der Waals surface area contributed by atoms with E-state index in [0.717, 1.165) is 0 Å². The normalized spacial score (nSPS) is 13.1. The first kappa shape index (κ1) is 11.1. The molecule has 0 unspecified atom stereocenters. The van der Waals surface area contributed by atoms with E-state index in [1.54, 1.807) is 0 Å². The zero-order chi connectivity index (χ0) is 10.6. The van der Waals surface area contributed by atoms with Crippen molar-refractivity contribution in [3.63, 3.8) is 0 Å². The molecule has 0 spiro atoms. The number of hydrogen-bond donors (Lipinski definition) is 1. The minimum Gasteiger partial charge on any atom is -0.359 e. The highest BCUT2D eigenvalue weighted by atomic mass is 14.7. The molecule has 0 saturated heterocycles. The molecule has 1 heterocycles. The second-order valence-electron chi connectivity index (χ2n) is 3.90. The molecule has 0 saturated carbocycles. The van der Waals surface area contributed by atoms with Gasteiger partial charge in [-0.1, -0.05) is 32.4 Å². The van der Waals surface area contributed by atoms with Crippen LogP contribution in [0.25, 0.3) is 12.2 Å². The van der Waals surface area contributed by atoms with Crippen molar-refractivity contribution in [2.75, 3.05) is 0 Å². The highest BCUT2D eigenvalue weighted by molar-refractivity contribution is 5.40. The van der Waals surface area contributed by atoms with Crippen molar-refractivity contribution < 1.29 is 1.43 Å². The summed E-state index contributed by atoms with van der Waals surface area (Å²) < 4.78 is 0. The van der Waals surface area contributed by atoms with E-state index >= 15 is 0 Å². The first-order valence-electron chi connectivity index (χ1n) is 5.56. The Morgan fingerprint density at radius 2 is 1.79 bits per heavy atom. The van der Waals surface area contributed by atoms with Gasteiger partial charge in [-0.2, -0.15) is 0 Å². The van der Waals surface area contributed by atoms with Gasteiger partial charge in [-0.15, -0.1) is 0 Å². The summed E-state index contributed by atoms with van der Waals surface area (Å²) in [7, 11) is 0. The molecule has 80 valence electrons. The van der Waals surface area contributed by atoms with Crippen LogP contribution in [0.15, 0.2) is 0 Å². The van der Waals surface area contributed by atoms with E-state index in [2.05, 4.69) is 44.8 Å². The fraction of sp³-hybridized carbons (Fsp3) is 0.538. The van der Waals surface area contributed by atoms with Crippen LogP contribution in [0.3, 0.4) is 0 Å². The number of aromatic amines is 1. The average Bonchev–Trinajstić information content (AvgIpc) is 2.45. The van der Waals surface area contributed by atoms with Crippen LogP contribution in [0.2, 0.25) is 0 Å². The van der Waals surface area contributed by atoms with Crippen LogP contribution < -0.4 is 10.6 Å². The Hall–Kier alpha value is -0.980. The number of hydrogen-bond acceptors (Lipinski definition) is 0. The Kier molecular flexibility index (Phi) is 3.99. The van der Waals surface area contributed by atoms with E-state index in [4.69, 9.17) is 0 Å². The fourth-order valence-electron chi connectivity index (χ4n) is 1.65. The van der Waals surface area contributed by atoms with Gasteiger partial charge in [-0.05, 0) is 37.5 Å². The first-order valence-corrected chi connectivity index (χ1v) is 5.56. The third-order valence-corrected chi connectivity index (χ3v) is 2.44. The quantitative estimate of drug-likeness (QED) is 0.652. The van der Waals surface area contributed by atoms with Crippen molar-refractivity contribution in [3.05, 3.63) is 21.8 Å². The Balaban J connectivity index is 0.000000443. The highest BCUT2D eigenvalue weighted by Crippen LogP contribution is 1.99. The number of H-pyrrole nitrogens is 1. The van der Waals surface area contributed by atoms with Gasteiger partial charge >= 0.3 is 0 Å². The molecular formula is C13H23N. The average molecular weight is 193 g/mol. The maximum Gasteiger partial charge on any atom is 0.0415 e. The minimum absolute atomic E-state index is 0. The molecule has 1 aliphatic carbocycles. The summed E-state index contributed by atoms with van der Waals surface area (Å²) in [5, 5.41) is 2.75. The third kappa shape index (κ3) is 2.28. The van der Waals surface area contributed by atoms with Gasteiger partial charge in [0.1, 0.15) is 0 Å². The lowest BCUT2D eigenvalue weighted by molar-refractivity contribution is 1.09. The molecule has 0 aromatic carbocycles. The molecule has 1 nitrogen and oxygen atoms in total. The van der Waals surface area contributed by atoms with Gasteiger partial charge in [0.2, 0.25) is 0 Å². The summed E-state index contributed by atoms with van der Waals surface area (Å²) in [6.45, 7) is 8.57. The van der Waals surface area contributed by atoms with E-state index in [1.807, 2.05) is 0 Å². The summed E-state index contributed by atoms with van der Waals surface area (Å²) >= 11 is 0. The summed E-state index contributed by atoms with van der Waals surface area (Å²) in [6.07, 6.45) is 8.25. The monoisotopic (exact) mass is 193 g/mol. The Labute approximate surface area is 88.0 Å². The number of aryl methyl sites for hydroxylation is 1. The van der Waals surface area contributed by atoms with E-state index in [-0.39, 0.29) is 1.43 Å². The number of nitrogens with one attached hydrogen (secondary N) is 1. The molecule has 0 fully saturated rings. The molecular weight excluding hydrogens is 170 g/mol. The largest absolute Gasteiger partial charge is 0.359 e. The van der Waals surface area contributed by atoms with Crippen LogP contribution in [0, 0.1) is 13.8 Å². The van der Waals surface area contributed by atoms with Gasteiger partial charge in [0, 0.05) is 12.5 Å². The standard InChI is InChI=1S/C10H13N.C3H8.H2/c1-7-8(2)11-10-6-4-3-5-9(7)10;1-3-2;/h5-6,11H,3-4H2,1-2H3;3H2,1-2H3;1H. The molecule has 0 amide bonds. The summed E-state index contributed by atoms with van der Waals surface area (Å²) in [4.78, 5) is 3.38. The van der Waals surface area contributed by atoms with E-state index < -0.39 is 0 Å². The molecule has 0 aliphatic heterocycles. The zero-order valence-corrected chi connectivity index (χ0v) is 9.78. The maximum absolute atomic E-state index is 3.38. The molecule has 1 aliphatic rings. The van der Waals surface area contributed by atoms with Crippen molar-refractivity contribution >= 4 is 12.2 Å². The lowest BCUT2D eigenvalue weighted by Gasteiger charge is -1.93. The highest BCUT2D eigenvalue weighted by Gasteiger charge is 2.00. The molecule has 1 aromatic heterocycles. The Morgan fingerprint density at radius 3 is 2.36 bits per heavy atom. The molecule has 0 bridgehead atoms. The number of rotatable bonds is 0. The van der Waals surface area contributed by atoms with Gasteiger partial charge < -0.3 is 4.98 Å². The Morgan fingerprint density at radius 1 is 1.21 bits per heavy atom. The second-order valence-corrected chi connectivity index (χ2v) is 3.90. The van der Waals surface area contributed by atoms with Crippen LogP contribution >= 0.6 is 0 Å². The maximum atomic E-state index is 3.38. The van der Waals surface area contributed by atoms with Gasteiger partial charge in [-0.25, -0.2) is 0 Å². The summed E-state index contributed by atoms with van der Waals surface area (Å²) in [5.41, 5.74) is 2.72. The smallest absolute Gasteiger partial charge is 0.0415 e. The predicted molar refractivity (Wildman–Crippen MR) is 65.8 cm³/mol. The molecule has 0 radical (unpaired) electrons. The van der Waals surface area contributed by atoms with Crippen LogP contribution in [0.4, 0.5) is 0 Å². The molecule has 1 aromatic rings. The molecule has 1 N–H and O–H groups in total. The molecule has 2 rings (SSSR count). The first-order chi connectivity index (χ1) is 6.70. The fourth-order valence-corrected chi connectivity index (χ4v) is 1.65. The van der Waals surface area contributed by atoms with Crippen molar-refractivity contribution in [2.24, 2.45) is 0 Å². The van der Waals surface area contributed by atoms with Crippen LogP contribution in [0.1, 0.15) is 45.8 Å². The minimum atomic E-state index is 0. The molecule has 14 heavy (non-hydrogen) atoms. The van der Waals surface area contributed by atoms with Crippen molar-refractivity contribution in [3.8, 4) is 0 Å². The third-order valence-electron chi connectivity index (χ3n) is 2.44. The van der Waals surface area contributed by atoms with Crippen LogP contribution in [-0.2, 0) is 0 Å².